The molecular weight excluding hydrogens is 352 g/mol. The van der Waals surface area contributed by atoms with E-state index in [9.17, 15) is 5.11 Å². The van der Waals surface area contributed by atoms with Crippen LogP contribution >= 0.6 is 0 Å². The minimum atomic E-state index is -0.119. The number of aliphatic hydroxyl groups excluding tert-OH is 1. The van der Waals surface area contributed by atoms with Crippen molar-refractivity contribution in [3.63, 3.8) is 0 Å². The van der Waals surface area contributed by atoms with Crippen LogP contribution < -0.4 is 9.47 Å². The van der Waals surface area contributed by atoms with Gasteiger partial charge in [0, 0.05) is 24.0 Å². The van der Waals surface area contributed by atoms with Gasteiger partial charge in [-0.2, -0.15) is 0 Å². The summed E-state index contributed by atoms with van der Waals surface area (Å²) in [5.41, 5.74) is 3.56. The van der Waals surface area contributed by atoms with E-state index >= 15 is 0 Å². The molecule has 0 aromatic heterocycles. The zero-order chi connectivity index (χ0) is 20.3. The third-order valence-corrected chi connectivity index (χ3v) is 5.51. The van der Waals surface area contributed by atoms with Gasteiger partial charge in [-0.1, -0.05) is 6.92 Å². The van der Waals surface area contributed by atoms with Crippen molar-refractivity contribution in [2.45, 2.75) is 72.3 Å². The smallest absolute Gasteiger partial charge is 0.129 e. The summed E-state index contributed by atoms with van der Waals surface area (Å²) in [6.45, 7) is 11.6. The zero-order valence-corrected chi connectivity index (χ0v) is 17.9. The number of ether oxygens (including phenoxy) is 3. The van der Waals surface area contributed by atoms with Crippen LogP contribution in [0.25, 0.3) is 0 Å². The van der Waals surface area contributed by atoms with Crippen molar-refractivity contribution in [3.8, 4) is 11.5 Å². The molecule has 4 nitrogen and oxygen atoms in total. The molecule has 28 heavy (non-hydrogen) atoms. The van der Waals surface area contributed by atoms with Crippen molar-refractivity contribution < 1.29 is 19.3 Å². The summed E-state index contributed by atoms with van der Waals surface area (Å²) in [7, 11) is 0. The number of rotatable bonds is 6. The molecule has 1 atom stereocenters. The van der Waals surface area contributed by atoms with Crippen molar-refractivity contribution in [1.82, 2.24) is 0 Å². The first-order valence-corrected chi connectivity index (χ1v) is 10.5. The Morgan fingerprint density at radius 1 is 1.32 bits per heavy atom. The molecular formula is C24H34O4. The highest BCUT2D eigenvalue weighted by Gasteiger charge is 2.33. The maximum Gasteiger partial charge on any atom is 0.129 e. The molecule has 1 aromatic carbocycles. The van der Waals surface area contributed by atoms with Crippen LogP contribution in [0.15, 0.2) is 29.7 Å². The van der Waals surface area contributed by atoms with Gasteiger partial charge in [-0.05, 0) is 76.6 Å². The molecule has 2 aliphatic heterocycles. The Bertz CT molecular complexity index is 773. The Balaban J connectivity index is 1.76. The van der Waals surface area contributed by atoms with Gasteiger partial charge >= 0.3 is 0 Å². The van der Waals surface area contributed by atoms with E-state index in [1.165, 1.54) is 16.7 Å². The lowest BCUT2D eigenvalue weighted by Gasteiger charge is -2.36. The van der Waals surface area contributed by atoms with Gasteiger partial charge < -0.3 is 19.3 Å². The molecule has 0 saturated heterocycles. The fraction of sp³-hybridized carbons (Fsp3) is 0.583. The molecule has 0 aliphatic carbocycles. The minimum Gasteiger partial charge on any atom is -0.512 e. The lowest BCUT2D eigenvalue weighted by molar-refractivity contribution is 0.0820. The first kappa shape index (κ1) is 20.6. The second kappa shape index (κ2) is 8.50. The van der Waals surface area contributed by atoms with Crippen molar-refractivity contribution >= 4 is 0 Å². The Kier molecular flexibility index (Phi) is 6.26. The number of fused-ring (bicyclic) bond motifs is 3. The zero-order valence-electron chi connectivity index (χ0n) is 17.9. The molecule has 3 rings (SSSR count). The van der Waals surface area contributed by atoms with Crippen LogP contribution in [0.3, 0.4) is 0 Å². The van der Waals surface area contributed by atoms with E-state index in [-0.39, 0.29) is 11.5 Å². The minimum absolute atomic E-state index is 0.119. The third-order valence-electron chi connectivity index (χ3n) is 5.51. The van der Waals surface area contributed by atoms with Crippen LogP contribution in [0.2, 0.25) is 0 Å². The van der Waals surface area contributed by atoms with Gasteiger partial charge in [0.1, 0.15) is 22.9 Å². The topological polar surface area (TPSA) is 47.9 Å². The lowest BCUT2D eigenvalue weighted by Crippen LogP contribution is -2.33. The Morgan fingerprint density at radius 2 is 2.11 bits per heavy atom. The highest BCUT2D eigenvalue weighted by Crippen LogP contribution is 2.44. The molecule has 0 unspecified atom stereocenters. The predicted octanol–water partition coefficient (Wildman–Crippen LogP) is 5.81. The molecule has 1 aromatic rings. The average molecular weight is 387 g/mol. The van der Waals surface area contributed by atoms with E-state index in [2.05, 4.69) is 33.8 Å². The van der Waals surface area contributed by atoms with Crippen LogP contribution in [-0.4, -0.2) is 23.9 Å². The Morgan fingerprint density at radius 3 is 2.82 bits per heavy atom. The van der Waals surface area contributed by atoms with E-state index in [0.29, 0.717) is 25.4 Å². The Hall–Kier alpha value is -2.10. The molecule has 2 aliphatic rings. The predicted molar refractivity (Wildman–Crippen MR) is 112 cm³/mol. The highest BCUT2D eigenvalue weighted by atomic mass is 16.5. The van der Waals surface area contributed by atoms with Crippen molar-refractivity contribution in [3.05, 3.63) is 46.4 Å². The van der Waals surface area contributed by atoms with E-state index in [1.54, 1.807) is 6.08 Å². The average Bonchev–Trinajstić information content (AvgIpc) is 2.61. The van der Waals surface area contributed by atoms with Crippen LogP contribution in [0.1, 0.15) is 63.6 Å². The van der Waals surface area contributed by atoms with Crippen molar-refractivity contribution in [2.75, 3.05) is 13.2 Å². The molecule has 1 N–H and O–H groups in total. The van der Waals surface area contributed by atoms with Gasteiger partial charge in [0.05, 0.1) is 19.0 Å². The summed E-state index contributed by atoms with van der Waals surface area (Å²) in [5.74, 6) is 3.34. The first-order valence-electron chi connectivity index (χ1n) is 10.5. The fourth-order valence-electron chi connectivity index (χ4n) is 4.10. The molecule has 0 bridgehead atoms. The summed E-state index contributed by atoms with van der Waals surface area (Å²) in [6, 6.07) is 2.16. The number of aliphatic hydroxyl groups is 1. The van der Waals surface area contributed by atoms with E-state index in [1.807, 2.05) is 13.0 Å². The molecule has 154 valence electrons. The molecule has 0 amide bonds. The second-order valence-corrected chi connectivity index (χ2v) is 8.51. The van der Waals surface area contributed by atoms with E-state index in [4.69, 9.17) is 14.2 Å². The summed E-state index contributed by atoms with van der Waals surface area (Å²) < 4.78 is 18.0. The third kappa shape index (κ3) is 4.65. The molecule has 0 fully saturated rings. The highest BCUT2D eigenvalue weighted by molar-refractivity contribution is 5.56. The molecule has 2 heterocycles. The second-order valence-electron chi connectivity index (χ2n) is 8.51. The lowest BCUT2D eigenvalue weighted by atomic mass is 9.85. The van der Waals surface area contributed by atoms with Gasteiger partial charge in [0.2, 0.25) is 0 Å². The summed E-state index contributed by atoms with van der Waals surface area (Å²) in [6.07, 6.45) is 8.10. The summed E-state index contributed by atoms with van der Waals surface area (Å²) in [4.78, 5) is 0. The number of hydrogen-bond acceptors (Lipinski definition) is 4. The Labute approximate surface area is 169 Å². The summed E-state index contributed by atoms with van der Waals surface area (Å²) in [5, 5.41) is 10.5. The van der Waals surface area contributed by atoms with Gasteiger partial charge in [-0.3, -0.25) is 0 Å². The van der Waals surface area contributed by atoms with E-state index in [0.717, 1.165) is 42.9 Å². The van der Waals surface area contributed by atoms with Crippen LogP contribution in [0.4, 0.5) is 0 Å². The fourth-order valence-corrected chi connectivity index (χ4v) is 4.10. The van der Waals surface area contributed by atoms with Gasteiger partial charge in [-0.15, -0.1) is 0 Å². The standard InChI is InChI=1S/C24H34O4/c1-6-8-19(26-7-2)14-18(25)12-17-13-21-16(3)11-22-20(23(21)27-15-17)9-10-24(4,5)28-22/h8,11,14,17,25H,6-7,9-10,12-13,15H2,1-5H3/b18-14+,19-8+/t17-/m1/s1. The number of benzene rings is 1. The van der Waals surface area contributed by atoms with Gasteiger partial charge in [0.25, 0.3) is 0 Å². The molecule has 0 spiro atoms. The van der Waals surface area contributed by atoms with Crippen LogP contribution in [0, 0.1) is 12.8 Å². The SMILES string of the molecule is CC/C=C(\C=C(\O)C[C@H]1COc2c(c(C)cc3c2CCC(C)(C)O3)C1)OCC. The van der Waals surface area contributed by atoms with Crippen molar-refractivity contribution in [1.29, 1.82) is 0 Å². The number of aryl methyl sites for hydroxylation is 1. The maximum absolute atomic E-state index is 10.5. The van der Waals surface area contributed by atoms with Crippen LogP contribution in [0.5, 0.6) is 11.5 Å². The summed E-state index contributed by atoms with van der Waals surface area (Å²) >= 11 is 0. The van der Waals surface area contributed by atoms with Gasteiger partial charge in [0.15, 0.2) is 0 Å². The number of hydrogen-bond donors (Lipinski definition) is 1. The maximum atomic E-state index is 10.5. The normalized spacial score (nSPS) is 21.2. The number of allylic oxidation sites excluding steroid dienone is 3. The van der Waals surface area contributed by atoms with Crippen molar-refractivity contribution in [2.24, 2.45) is 5.92 Å². The molecule has 0 saturated carbocycles. The monoisotopic (exact) mass is 386 g/mol. The first-order chi connectivity index (χ1) is 13.3. The van der Waals surface area contributed by atoms with Gasteiger partial charge in [-0.25, -0.2) is 0 Å². The van der Waals surface area contributed by atoms with E-state index < -0.39 is 0 Å². The quantitative estimate of drug-likeness (QED) is 0.495. The molecule has 0 radical (unpaired) electrons. The molecule has 4 heteroatoms. The largest absolute Gasteiger partial charge is 0.512 e. The van der Waals surface area contributed by atoms with Crippen LogP contribution in [-0.2, 0) is 17.6 Å².